The summed E-state index contributed by atoms with van der Waals surface area (Å²) >= 11 is 1.67. The van der Waals surface area contributed by atoms with E-state index >= 15 is 0 Å². The number of methoxy groups -OCH3 is 2. The summed E-state index contributed by atoms with van der Waals surface area (Å²) in [5.74, 6) is 1.03. The molecule has 1 aliphatic rings. The summed E-state index contributed by atoms with van der Waals surface area (Å²) in [7, 11) is 2.98. The Balaban J connectivity index is 1.59. The van der Waals surface area contributed by atoms with Gasteiger partial charge in [-0.15, -0.1) is 11.3 Å². The van der Waals surface area contributed by atoms with Crippen LogP contribution in [0.1, 0.15) is 45.9 Å². The minimum atomic E-state index is -0.566. The quantitative estimate of drug-likeness (QED) is 0.500. The highest BCUT2D eigenvalue weighted by Gasteiger charge is 2.22. The first-order valence-corrected chi connectivity index (χ1v) is 10.4. The molecule has 7 nitrogen and oxygen atoms in total. The van der Waals surface area contributed by atoms with Crippen LogP contribution in [0.4, 0.5) is 5.82 Å². The van der Waals surface area contributed by atoms with Gasteiger partial charge in [0.05, 0.1) is 19.6 Å². The number of hydrogen-bond donors (Lipinski definition) is 1. The zero-order valence-corrected chi connectivity index (χ0v) is 17.3. The van der Waals surface area contributed by atoms with E-state index in [1.807, 2.05) is 0 Å². The monoisotopic (exact) mass is 413 g/mol. The van der Waals surface area contributed by atoms with Gasteiger partial charge < -0.3 is 19.9 Å². The van der Waals surface area contributed by atoms with Gasteiger partial charge in [0.2, 0.25) is 0 Å². The minimum Gasteiger partial charge on any atom is -0.496 e. The zero-order chi connectivity index (χ0) is 20.4. The maximum Gasteiger partial charge on any atom is 0.346 e. The van der Waals surface area contributed by atoms with E-state index in [0.29, 0.717) is 23.1 Å². The molecule has 0 fully saturated rings. The molecule has 0 unspecified atom stereocenters. The number of hydrogen-bond acceptors (Lipinski definition) is 8. The SMILES string of the molecule is COc1cccc(OC)c1C(=O)OCc1nc(N)c2c3c(sc2n1)CCCCC3. The summed E-state index contributed by atoms with van der Waals surface area (Å²) in [4.78, 5) is 23.9. The first-order chi connectivity index (χ1) is 14.1. The molecule has 0 bridgehead atoms. The van der Waals surface area contributed by atoms with E-state index in [2.05, 4.69) is 9.97 Å². The Morgan fingerprint density at radius 2 is 1.83 bits per heavy atom. The van der Waals surface area contributed by atoms with Crippen LogP contribution in [0.25, 0.3) is 10.2 Å². The molecule has 152 valence electrons. The van der Waals surface area contributed by atoms with Crippen LogP contribution in [-0.2, 0) is 24.2 Å². The van der Waals surface area contributed by atoms with Crippen molar-refractivity contribution in [3.8, 4) is 11.5 Å². The smallest absolute Gasteiger partial charge is 0.346 e. The molecule has 4 rings (SSSR count). The van der Waals surface area contributed by atoms with Crippen molar-refractivity contribution < 1.29 is 19.0 Å². The molecule has 2 heterocycles. The van der Waals surface area contributed by atoms with Crippen molar-refractivity contribution in [3.63, 3.8) is 0 Å². The summed E-state index contributed by atoms with van der Waals surface area (Å²) in [5, 5.41) is 0.966. The fourth-order valence-electron chi connectivity index (χ4n) is 3.73. The molecule has 2 N–H and O–H groups in total. The molecule has 29 heavy (non-hydrogen) atoms. The minimum absolute atomic E-state index is 0.0806. The number of carbonyl (C=O) groups excluding carboxylic acids is 1. The van der Waals surface area contributed by atoms with Gasteiger partial charge >= 0.3 is 5.97 Å². The normalized spacial score (nSPS) is 13.6. The summed E-state index contributed by atoms with van der Waals surface area (Å²) in [6.07, 6.45) is 5.68. The number of fused-ring (bicyclic) bond motifs is 3. The van der Waals surface area contributed by atoms with E-state index < -0.39 is 5.97 Å². The third-order valence-electron chi connectivity index (χ3n) is 5.10. The van der Waals surface area contributed by atoms with Gasteiger partial charge in [-0.2, -0.15) is 0 Å². The highest BCUT2D eigenvalue weighted by atomic mass is 32.1. The molecule has 3 aromatic rings. The lowest BCUT2D eigenvalue weighted by Gasteiger charge is -2.12. The Hall–Kier alpha value is -2.87. The van der Waals surface area contributed by atoms with E-state index in [1.54, 1.807) is 29.5 Å². The van der Waals surface area contributed by atoms with Crippen LogP contribution in [0.3, 0.4) is 0 Å². The van der Waals surface area contributed by atoms with Crippen molar-refractivity contribution in [2.75, 3.05) is 20.0 Å². The van der Waals surface area contributed by atoms with Gasteiger partial charge in [-0.25, -0.2) is 14.8 Å². The predicted octanol–water partition coefficient (Wildman–Crippen LogP) is 3.92. The number of carbonyl (C=O) groups is 1. The second-order valence-corrected chi connectivity index (χ2v) is 7.97. The number of aryl methyl sites for hydroxylation is 2. The lowest BCUT2D eigenvalue weighted by atomic mass is 10.1. The molecule has 1 aliphatic carbocycles. The zero-order valence-electron chi connectivity index (χ0n) is 16.5. The van der Waals surface area contributed by atoms with Gasteiger partial charge in [0.15, 0.2) is 12.4 Å². The maximum atomic E-state index is 12.7. The summed E-state index contributed by atoms with van der Waals surface area (Å²) in [6.45, 7) is -0.0806. The summed E-state index contributed by atoms with van der Waals surface area (Å²) < 4.78 is 16.0. The van der Waals surface area contributed by atoms with Gasteiger partial charge in [-0.1, -0.05) is 12.5 Å². The van der Waals surface area contributed by atoms with Crippen LogP contribution in [-0.4, -0.2) is 30.2 Å². The number of nitrogens with two attached hydrogens (primary N) is 1. The van der Waals surface area contributed by atoms with Crippen LogP contribution in [0, 0.1) is 0 Å². The number of rotatable bonds is 5. The van der Waals surface area contributed by atoms with Gasteiger partial charge in [-0.05, 0) is 43.4 Å². The fraction of sp³-hybridized carbons (Fsp3) is 0.381. The van der Waals surface area contributed by atoms with Crippen molar-refractivity contribution in [3.05, 3.63) is 40.0 Å². The van der Waals surface area contributed by atoms with Crippen LogP contribution in [0.2, 0.25) is 0 Å². The average Bonchev–Trinajstić information content (AvgIpc) is 2.93. The molecular formula is C21H23N3O4S. The Kier molecular flexibility index (Phi) is 5.53. The highest BCUT2D eigenvalue weighted by molar-refractivity contribution is 7.19. The van der Waals surface area contributed by atoms with Crippen LogP contribution in [0.5, 0.6) is 11.5 Å². The van der Waals surface area contributed by atoms with Crippen molar-refractivity contribution in [2.45, 2.75) is 38.7 Å². The van der Waals surface area contributed by atoms with Crippen LogP contribution < -0.4 is 15.2 Å². The van der Waals surface area contributed by atoms with Gasteiger partial charge in [-0.3, -0.25) is 0 Å². The number of thiophene rings is 1. The first-order valence-electron chi connectivity index (χ1n) is 9.57. The molecule has 0 saturated heterocycles. The Bertz CT molecular complexity index is 1040. The molecular weight excluding hydrogens is 390 g/mol. The number of nitrogens with zero attached hydrogens (tertiary/aromatic N) is 2. The number of ether oxygens (including phenoxy) is 3. The Labute approximate surface area is 172 Å². The second-order valence-electron chi connectivity index (χ2n) is 6.88. The van der Waals surface area contributed by atoms with Crippen LogP contribution >= 0.6 is 11.3 Å². The standard InChI is InChI=1S/C21H23N3O4S/c1-26-13-8-6-9-14(27-2)18(13)21(25)28-11-16-23-19(22)17-12-7-4-3-5-10-15(12)29-20(17)24-16/h6,8-9H,3-5,7,10-11H2,1-2H3,(H2,22,23,24). The predicted molar refractivity (Wildman–Crippen MR) is 112 cm³/mol. The molecule has 0 radical (unpaired) electrons. The first kappa shape index (κ1) is 19.4. The van der Waals surface area contributed by atoms with Crippen molar-refractivity contribution in [1.29, 1.82) is 0 Å². The average molecular weight is 413 g/mol. The van der Waals surface area contributed by atoms with Crippen LogP contribution in [0.15, 0.2) is 18.2 Å². The lowest BCUT2D eigenvalue weighted by Crippen LogP contribution is -2.11. The van der Waals surface area contributed by atoms with E-state index in [0.717, 1.165) is 23.1 Å². The molecule has 2 aromatic heterocycles. The van der Waals surface area contributed by atoms with E-state index in [9.17, 15) is 4.79 Å². The van der Waals surface area contributed by atoms with Gasteiger partial charge in [0, 0.05) is 4.88 Å². The van der Waals surface area contributed by atoms with Crippen molar-refractivity contribution in [1.82, 2.24) is 9.97 Å². The van der Waals surface area contributed by atoms with E-state index in [4.69, 9.17) is 19.9 Å². The molecule has 0 atom stereocenters. The Morgan fingerprint density at radius 3 is 2.55 bits per heavy atom. The number of esters is 1. The Morgan fingerprint density at radius 1 is 1.10 bits per heavy atom. The number of benzene rings is 1. The molecule has 0 spiro atoms. The lowest BCUT2D eigenvalue weighted by molar-refractivity contribution is 0.0455. The van der Waals surface area contributed by atoms with E-state index in [1.165, 1.54) is 43.9 Å². The largest absolute Gasteiger partial charge is 0.496 e. The maximum absolute atomic E-state index is 12.7. The summed E-state index contributed by atoms with van der Waals surface area (Å²) in [5.41, 5.74) is 7.79. The fourth-order valence-corrected chi connectivity index (χ4v) is 5.02. The third-order valence-corrected chi connectivity index (χ3v) is 6.29. The molecule has 1 aromatic carbocycles. The highest BCUT2D eigenvalue weighted by Crippen LogP contribution is 2.37. The second kappa shape index (κ2) is 8.24. The van der Waals surface area contributed by atoms with Gasteiger partial charge in [0.25, 0.3) is 0 Å². The number of anilines is 1. The number of nitrogen functional groups attached to an aromatic ring is 1. The van der Waals surface area contributed by atoms with Gasteiger partial charge in [0.1, 0.15) is 27.7 Å². The third kappa shape index (κ3) is 3.72. The number of aromatic nitrogens is 2. The molecule has 8 heteroatoms. The van der Waals surface area contributed by atoms with E-state index in [-0.39, 0.29) is 12.2 Å². The summed E-state index contributed by atoms with van der Waals surface area (Å²) in [6, 6.07) is 5.10. The molecule has 0 aliphatic heterocycles. The van der Waals surface area contributed by atoms with Crippen molar-refractivity contribution >= 4 is 33.3 Å². The molecule has 0 amide bonds. The molecule has 0 saturated carbocycles. The van der Waals surface area contributed by atoms with Crippen molar-refractivity contribution in [2.24, 2.45) is 0 Å². The topological polar surface area (TPSA) is 96.6 Å².